The van der Waals surface area contributed by atoms with Gasteiger partial charge < -0.3 is 24.2 Å². The van der Waals surface area contributed by atoms with Crippen LogP contribution >= 0.6 is 0 Å². The van der Waals surface area contributed by atoms with Crippen molar-refractivity contribution in [3.8, 4) is 5.75 Å². The van der Waals surface area contributed by atoms with E-state index in [2.05, 4.69) is 4.57 Å². The largest absolute Gasteiger partial charge is 0.496 e. The van der Waals surface area contributed by atoms with Crippen molar-refractivity contribution < 1.29 is 24.2 Å². The molecule has 202 valence electrons. The minimum atomic E-state index is -1.01. The van der Waals surface area contributed by atoms with Crippen LogP contribution in [0, 0.1) is 0 Å². The third-order valence-electron chi connectivity index (χ3n) is 7.47. The fourth-order valence-corrected chi connectivity index (χ4v) is 5.31. The highest BCUT2D eigenvalue weighted by Crippen LogP contribution is 2.28. The number of hydrogen-bond acceptors (Lipinski definition) is 4. The Balaban J connectivity index is 1.49. The molecule has 2 amide bonds. The van der Waals surface area contributed by atoms with Crippen LogP contribution in [0.4, 0.5) is 0 Å². The summed E-state index contributed by atoms with van der Waals surface area (Å²) in [6.07, 6.45) is 13.1. The summed E-state index contributed by atoms with van der Waals surface area (Å²) in [5, 5.41) is 10.3. The Morgan fingerprint density at radius 2 is 1.51 bits per heavy atom. The predicted molar refractivity (Wildman–Crippen MR) is 151 cm³/mol. The summed E-state index contributed by atoms with van der Waals surface area (Å²) in [4.78, 5) is 40.4. The summed E-state index contributed by atoms with van der Waals surface area (Å²) in [7, 11) is 1.52. The van der Waals surface area contributed by atoms with Crippen LogP contribution < -0.4 is 4.74 Å². The van der Waals surface area contributed by atoms with Crippen molar-refractivity contribution in [3.05, 3.63) is 77.0 Å². The molecule has 0 bridgehead atoms. The van der Waals surface area contributed by atoms with Crippen molar-refractivity contribution >= 4 is 40.8 Å². The normalized spacial score (nSPS) is 15.7. The molecule has 0 aliphatic carbocycles. The number of amides is 2. The van der Waals surface area contributed by atoms with Crippen molar-refractivity contribution in [1.82, 2.24) is 14.4 Å². The van der Waals surface area contributed by atoms with Gasteiger partial charge in [-0.15, -0.1) is 0 Å². The van der Waals surface area contributed by atoms with E-state index >= 15 is 0 Å². The highest BCUT2D eigenvalue weighted by Gasteiger charge is 2.17. The maximum absolute atomic E-state index is 12.7. The van der Waals surface area contributed by atoms with Gasteiger partial charge in [0.2, 0.25) is 11.8 Å². The molecule has 0 unspecified atom stereocenters. The average Bonchev–Trinajstić information content (AvgIpc) is 3.73. The van der Waals surface area contributed by atoms with E-state index in [0.29, 0.717) is 12.3 Å². The van der Waals surface area contributed by atoms with E-state index in [4.69, 9.17) is 4.74 Å². The molecule has 2 aliphatic rings. The standard InChI is InChI=1S/C31H33N3O5/c1-39-28-19-23(31(37)38)8-9-25(28)21-34-20-24(10-13-30(36)33-16-4-5-17-33)26-11-6-22(18-27(26)34)7-12-29(35)32-14-2-3-15-32/h6-13,18-20H,2-5,14-17,21H2,1H3,(H,37,38)/b12-7+,13-10+. The highest BCUT2D eigenvalue weighted by molar-refractivity contribution is 5.98. The van der Waals surface area contributed by atoms with E-state index in [-0.39, 0.29) is 17.4 Å². The molecule has 1 N–H and O–H groups in total. The van der Waals surface area contributed by atoms with Crippen LogP contribution in [0.15, 0.2) is 54.7 Å². The van der Waals surface area contributed by atoms with E-state index in [1.165, 1.54) is 13.2 Å². The summed E-state index contributed by atoms with van der Waals surface area (Å²) < 4.78 is 7.57. The lowest BCUT2D eigenvalue weighted by molar-refractivity contribution is -0.125. The van der Waals surface area contributed by atoms with Crippen LogP contribution in [0.3, 0.4) is 0 Å². The fraction of sp³-hybridized carbons (Fsp3) is 0.323. The number of carbonyl (C=O) groups excluding carboxylic acids is 2. The molecule has 0 atom stereocenters. The molecule has 3 heterocycles. The summed E-state index contributed by atoms with van der Waals surface area (Å²) >= 11 is 0. The van der Waals surface area contributed by atoms with Gasteiger partial charge in [0.15, 0.2) is 0 Å². The molecule has 2 aromatic carbocycles. The Morgan fingerprint density at radius 3 is 2.13 bits per heavy atom. The number of carboxylic acids is 1. The Morgan fingerprint density at radius 1 is 0.872 bits per heavy atom. The van der Waals surface area contributed by atoms with Crippen LogP contribution in [-0.4, -0.2) is 70.5 Å². The second kappa shape index (κ2) is 11.6. The van der Waals surface area contributed by atoms with E-state index in [9.17, 15) is 19.5 Å². The number of hydrogen-bond donors (Lipinski definition) is 1. The maximum atomic E-state index is 12.7. The van der Waals surface area contributed by atoms with Gasteiger partial charge in [-0.1, -0.05) is 18.2 Å². The van der Waals surface area contributed by atoms with Crippen LogP contribution in [-0.2, 0) is 16.1 Å². The zero-order valence-electron chi connectivity index (χ0n) is 22.1. The number of aromatic nitrogens is 1. The Bertz CT molecular complexity index is 1460. The number of carbonyl (C=O) groups is 3. The summed E-state index contributed by atoms with van der Waals surface area (Å²) in [5.74, 6) is -0.485. The lowest BCUT2D eigenvalue weighted by Gasteiger charge is -2.12. The van der Waals surface area contributed by atoms with E-state index in [1.807, 2.05) is 46.3 Å². The van der Waals surface area contributed by atoms with E-state index < -0.39 is 5.97 Å². The van der Waals surface area contributed by atoms with Gasteiger partial charge in [-0.25, -0.2) is 4.79 Å². The first-order chi connectivity index (χ1) is 18.9. The quantitative estimate of drug-likeness (QED) is 0.430. The first-order valence-corrected chi connectivity index (χ1v) is 13.4. The molecule has 8 heteroatoms. The molecular formula is C31H33N3O5. The van der Waals surface area contributed by atoms with Gasteiger partial charge in [0, 0.05) is 66.6 Å². The SMILES string of the molecule is COc1cc(C(=O)O)ccc1Cn1cc(/C=C/C(=O)N2CCCC2)c2ccc(/C=C/C(=O)N3CCCC3)cc21. The molecule has 1 aromatic heterocycles. The minimum absolute atomic E-state index is 0.0132. The topological polar surface area (TPSA) is 92.1 Å². The van der Waals surface area contributed by atoms with Gasteiger partial charge >= 0.3 is 5.97 Å². The average molecular weight is 528 g/mol. The van der Waals surface area contributed by atoms with Crippen molar-refractivity contribution in [1.29, 1.82) is 0 Å². The molecular weight excluding hydrogens is 494 g/mol. The number of benzene rings is 2. The number of likely N-dealkylation sites (tertiary alicyclic amines) is 2. The zero-order valence-corrected chi connectivity index (χ0v) is 22.1. The van der Waals surface area contributed by atoms with Gasteiger partial charge in [0.1, 0.15) is 5.75 Å². The maximum Gasteiger partial charge on any atom is 0.335 e. The molecule has 2 fully saturated rings. The number of nitrogens with zero attached hydrogens (tertiary/aromatic N) is 3. The predicted octanol–water partition coefficient (Wildman–Crippen LogP) is 4.67. The van der Waals surface area contributed by atoms with Gasteiger partial charge in [-0.3, -0.25) is 9.59 Å². The third kappa shape index (κ3) is 5.90. The van der Waals surface area contributed by atoms with E-state index in [1.54, 1.807) is 24.3 Å². The van der Waals surface area contributed by atoms with Crippen LogP contribution in [0.1, 0.15) is 52.7 Å². The summed E-state index contributed by atoms with van der Waals surface area (Å²) in [5.41, 5.74) is 3.72. The summed E-state index contributed by atoms with van der Waals surface area (Å²) in [6.45, 7) is 3.64. The second-order valence-corrected chi connectivity index (χ2v) is 10.1. The van der Waals surface area contributed by atoms with Crippen molar-refractivity contribution in [3.63, 3.8) is 0 Å². The fourth-order valence-electron chi connectivity index (χ4n) is 5.31. The second-order valence-electron chi connectivity index (χ2n) is 10.1. The molecule has 8 nitrogen and oxygen atoms in total. The van der Waals surface area contributed by atoms with Gasteiger partial charge in [-0.05, 0) is 61.6 Å². The molecule has 3 aromatic rings. The number of rotatable bonds is 8. The number of carboxylic acid groups (broad SMARTS) is 1. The Kier molecular flexibility index (Phi) is 7.81. The molecule has 0 spiro atoms. The number of ether oxygens (including phenoxy) is 1. The van der Waals surface area contributed by atoms with Gasteiger partial charge in [-0.2, -0.15) is 0 Å². The first kappa shape index (κ1) is 26.3. The highest BCUT2D eigenvalue weighted by atomic mass is 16.5. The third-order valence-corrected chi connectivity index (χ3v) is 7.47. The van der Waals surface area contributed by atoms with Gasteiger partial charge in [0.05, 0.1) is 19.2 Å². The Hall–Kier alpha value is -4.33. The number of fused-ring (bicyclic) bond motifs is 1. The van der Waals surface area contributed by atoms with Crippen molar-refractivity contribution in [2.75, 3.05) is 33.3 Å². The van der Waals surface area contributed by atoms with Crippen molar-refractivity contribution in [2.45, 2.75) is 32.2 Å². The summed E-state index contributed by atoms with van der Waals surface area (Å²) in [6, 6.07) is 10.9. The molecule has 2 saturated heterocycles. The lowest BCUT2D eigenvalue weighted by atomic mass is 10.1. The monoisotopic (exact) mass is 527 g/mol. The number of methoxy groups -OCH3 is 1. The molecule has 0 saturated carbocycles. The molecule has 2 aliphatic heterocycles. The van der Waals surface area contributed by atoms with Crippen LogP contribution in [0.25, 0.3) is 23.1 Å². The number of aromatic carboxylic acids is 1. The smallest absolute Gasteiger partial charge is 0.335 e. The Labute approximate surface area is 227 Å². The van der Waals surface area contributed by atoms with E-state index in [0.717, 1.165) is 79.5 Å². The van der Waals surface area contributed by atoms with Crippen LogP contribution in [0.5, 0.6) is 5.75 Å². The van der Waals surface area contributed by atoms with Crippen LogP contribution in [0.2, 0.25) is 0 Å². The molecule has 39 heavy (non-hydrogen) atoms. The molecule has 0 radical (unpaired) electrons. The first-order valence-electron chi connectivity index (χ1n) is 13.4. The minimum Gasteiger partial charge on any atom is -0.496 e. The zero-order chi connectivity index (χ0) is 27.4. The molecule has 5 rings (SSSR count). The van der Waals surface area contributed by atoms with Crippen molar-refractivity contribution in [2.24, 2.45) is 0 Å². The van der Waals surface area contributed by atoms with Gasteiger partial charge in [0.25, 0.3) is 0 Å². The lowest BCUT2D eigenvalue weighted by Crippen LogP contribution is -2.25.